The normalized spacial score (nSPS) is 12.6. The summed E-state index contributed by atoms with van der Waals surface area (Å²) in [7, 11) is 1.97. The molecule has 0 aliphatic rings. The summed E-state index contributed by atoms with van der Waals surface area (Å²) in [6.45, 7) is 7.06. The van der Waals surface area contributed by atoms with Crippen LogP contribution in [-0.4, -0.2) is 16.3 Å². The van der Waals surface area contributed by atoms with E-state index in [4.69, 9.17) is 0 Å². The van der Waals surface area contributed by atoms with Crippen molar-refractivity contribution in [3.05, 3.63) is 52.6 Å². The minimum atomic E-state index is -0.179. The van der Waals surface area contributed by atoms with Gasteiger partial charge in [-0.2, -0.15) is 5.10 Å². The molecule has 0 saturated carbocycles. The first-order valence-electron chi connectivity index (χ1n) is 7.50. The molecule has 1 aromatic heterocycles. The zero-order valence-corrected chi connectivity index (χ0v) is 13.3. The zero-order chi connectivity index (χ0) is 15.4. The molecule has 4 heteroatoms. The van der Waals surface area contributed by atoms with Crippen LogP contribution < -0.4 is 5.32 Å². The lowest BCUT2D eigenvalue weighted by Crippen LogP contribution is -2.25. The molecule has 0 bridgehead atoms. The van der Waals surface area contributed by atoms with E-state index in [0.717, 1.165) is 36.2 Å². The highest BCUT2D eigenvalue weighted by Gasteiger charge is 2.16. The van der Waals surface area contributed by atoms with Gasteiger partial charge in [0.05, 0.1) is 5.69 Å². The van der Waals surface area contributed by atoms with Gasteiger partial charge in [-0.05, 0) is 56.1 Å². The maximum absolute atomic E-state index is 13.3. The fraction of sp³-hybridized carbons (Fsp3) is 0.471. The quantitative estimate of drug-likeness (QED) is 0.882. The molecule has 0 radical (unpaired) electrons. The largest absolute Gasteiger partial charge is 0.310 e. The Labute approximate surface area is 126 Å². The lowest BCUT2D eigenvalue weighted by Gasteiger charge is -2.21. The molecule has 1 atom stereocenters. The topological polar surface area (TPSA) is 29.9 Å². The minimum Gasteiger partial charge on any atom is -0.310 e. The zero-order valence-electron chi connectivity index (χ0n) is 13.3. The van der Waals surface area contributed by atoms with Crippen LogP contribution in [0.25, 0.3) is 0 Å². The number of nitrogens with one attached hydrogen (secondary N) is 1. The molecule has 1 unspecified atom stereocenters. The van der Waals surface area contributed by atoms with Gasteiger partial charge >= 0.3 is 0 Å². The van der Waals surface area contributed by atoms with Gasteiger partial charge < -0.3 is 5.32 Å². The number of aromatic nitrogens is 2. The van der Waals surface area contributed by atoms with E-state index in [1.807, 2.05) is 31.6 Å². The molecule has 2 aromatic rings. The van der Waals surface area contributed by atoms with Crippen molar-refractivity contribution in [2.75, 3.05) is 6.54 Å². The van der Waals surface area contributed by atoms with E-state index in [9.17, 15) is 4.39 Å². The van der Waals surface area contributed by atoms with Crippen molar-refractivity contribution in [2.45, 2.75) is 39.7 Å². The number of hydrogen-bond donors (Lipinski definition) is 1. The molecule has 0 amide bonds. The third kappa shape index (κ3) is 3.91. The first kappa shape index (κ1) is 15.7. The fourth-order valence-electron chi connectivity index (χ4n) is 2.71. The third-order valence-electron chi connectivity index (χ3n) is 3.76. The first-order chi connectivity index (χ1) is 10.0. The van der Waals surface area contributed by atoms with Gasteiger partial charge in [-0.15, -0.1) is 0 Å². The Morgan fingerprint density at radius 2 is 2.05 bits per heavy atom. The highest BCUT2D eigenvalue weighted by Crippen LogP contribution is 2.23. The Balaban J connectivity index is 2.27. The van der Waals surface area contributed by atoms with Crippen molar-refractivity contribution >= 4 is 0 Å². The number of nitrogens with zero attached hydrogens (tertiary/aromatic N) is 2. The molecule has 114 valence electrons. The summed E-state index contributed by atoms with van der Waals surface area (Å²) in [5.74, 6) is -0.179. The average Bonchev–Trinajstić information content (AvgIpc) is 2.73. The SMILES string of the molecule is CCCNC(Cc1cc(C)nn1C)c1ccc(F)cc1C. The van der Waals surface area contributed by atoms with Crippen molar-refractivity contribution in [1.29, 1.82) is 0 Å². The van der Waals surface area contributed by atoms with Gasteiger partial charge in [0, 0.05) is 25.2 Å². The van der Waals surface area contributed by atoms with Crippen molar-refractivity contribution < 1.29 is 4.39 Å². The molecule has 2 rings (SSSR count). The van der Waals surface area contributed by atoms with Gasteiger partial charge in [0.2, 0.25) is 0 Å². The number of benzene rings is 1. The second kappa shape index (κ2) is 6.85. The van der Waals surface area contributed by atoms with Gasteiger partial charge in [-0.3, -0.25) is 4.68 Å². The number of halogens is 1. The Morgan fingerprint density at radius 3 is 2.62 bits per heavy atom. The van der Waals surface area contributed by atoms with Crippen molar-refractivity contribution in [1.82, 2.24) is 15.1 Å². The molecule has 0 spiro atoms. The standard InChI is InChI=1S/C17H24FN3/c1-5-8-19-17(11-15-10-13(3)20-21(15)4)16-7-6-14(18)9-12(16)2/h6-7,9-10,17,19H,5,8,11H2,1-4H3. The summed E-state index contributed by atoms with van der Waals surface area (Å²) in [5.41, 5.74) is 4.36. The predicted molar refractivity (Wildman–Crippen MR) is 83.8 cm³/mol. The molecule has 0 aliphatic carbocycles. The molecular weight excluding hydrogens is 265 g/mol. The second-order valence-corrected chi connectivity index (χ2v) is 5.61. The van der Waals surface area contributed by atoms with Crippen LogP contribution in [0.5, 0.6) is 0 Å². The highest BCUT2D eigenvalue weighted by atomic mass is 19.1. The van der Waals surface area contributed by atoms with E-state index in [1.165, 1.54) is 11.8 Å². The van der Waals surface area contributed by atoms with E-state index in [1.54, 1.807) is 6.07 Å². The van der Waals surface area contributed by atoms with Gasteiger partial charge in [0.15, 0.2) is 0 Å². The van der Waals surface area contributed by atoms with Gasteiger partial charge in [-0.1, -0.05) is 13.0 Å². The predicted octanol–water partition coefficient (Wildman–Crippen LogP) is 3.46. The van der Waals surface area contributed by atoms with Crippen LogP contribution in [0, 0.1) is 19.7 Å². The van der Waals surface area contributed by atoms with Crippen LogP contribution in [0.3, 0.4) is 0 Å². The van der Waals surface area contributed by atoms with E-state index in [-0.39, 0.29) is 11.9 Å². The lowest BCUT2D eigenvalue weighted by molar-refractivity contribution is 0.509. The van der Waals surface area contributed by atoms with E-state index in [2.05, 4.69) is 23.4 Å². The van der Waals surface area contributed by atoms with Crippen molar-refractivity contribution in [3.8, 4) is 0 Å². The third-order valence-corrected chi connectivity index (χ3v) is 3.76. The lowest BCUT2D eigenvalue weighted by atomic mass is 9.97. The molecule has 1 aromatic carbocycles. The van der Waals surface area contributed by atoms with E-state index >= 15 is 0 Å². The number of rotatable bonds is 6. The first-order valence-corrected chi connectivity index (χ1v) is 7.50. The molecular formula is C17H24FN3. The fourth-order valence-corrected chi connectivity index (χ4v) is 2.71. The van der Waals surface area contributed by atoms with Gasteiger partial charge in [0.25, 0.3) is 0 Å². The van der Waals surface area contributed by atoms with Crippen molar-refractivity contribution in [2.24, 2.45) is 7.05 Å². The molecule has 3 nitrogen and oxygen atoms in total. The van der Waals surface area contributed by atoms with E-state index in [0.29, 0.717) is 0 Å². The molecule has 21 heavy (non-hydrogen) atoms. The van der Waals surface area contributed by atoms with Gasteiger partial charge in [0.1, 0.15) is 5.82 Å². The molecule has 1 N–H and O–H groups in total. The van der Waals surface area contributed by atoms with Crippen LogP contribution in [0.2, 0.25) is 0 Å². The van der Waals surface area contributed by atoms with Crippen LogP contribution in [0.4, 0.5) is 4.39 Å². The summed E-state index contributed by atoms with van der Waals surface area (Å²) >= 11 is 0. The number of hydrogen-bond acceptors (Lipinski definition) is 2. The Bertz CT molecular complexity index is 604. The van der Waals surface area contributed by atoms with E-state index < -0.39 is 0 Å². The Hall–Kier alpha value is -1.68. The van der Waals surface area contributed by atoms with Crippen LogP contribution in [-0.2, 0) is 13.5 Å². The Kier molecular flexibility index (Phi) is 5.12. The molecule has 0 fully saturated rings. The summed E-state index contributed by atoms with van der Waals surface area (Å²) in [5, 5.41) is 7.97. The maximum Gasteiger partial charge on any atom is 0.123 e. The highest BCUT2D eigenvalue weighted by molar-refractivity contribution is 5.30. The molecule has 1 heterocycles. The minimum absolute atomic E-state index is 0.179. The van der Waals surface area contributed by atoms with Crippen molar-refractivity contribution in [3.63, 3.8) is 0 Å². The number of aryl methyl sites for hydroxylation is 3. The summed E-state index contributed by atoms with van der Waals surface area (Å²) in [6.07, 6.45) is 1.92. The molecule has 0 aliphatic heterocycles. The second-order valence-electron chi connectivity index (χ2n) is 5.61. The van der Waals surface area contributed by atoms with Crippen LogP contribution in [0.1, 0.15) is 41.9 Å². The maximum atomic E-state index is 13.3. The van der Waals surface area contributed by atoms with Gasteiger partial charge in [-0.25, -0.2) is 4.39 Å². The monoisotopic (exact) mass is 289 g/mol. The average molecular weight is 289 g/mol. The van der Waals surface area contributed by atoms with Crippen LogP contribution >= 0.6 is 0 Å². The summed E-state index contributed by atoms with van der Waals surface area (Å²) in [6, 6.07) is 7.32. The molecule has 0 saturated heterocycles. The summed E-state index contributed by atoms with van der Waals surface area (Å²) in [4.78, 5) is 0. The summed E-state index contributed by atoms with van der Waals surface area (Å²) < 4.78 is 15.2. The smallest absolute Gasteiger partial charge is 0.123 e. The van der Waals surface area contributed by atoms with Crippen LogP contribution in [0.15, 0.2) is 24.3 Å². The Morgan fingerprint density at radius 1 is 1.29 bits per heavy atom.